The van der Waals surface area contributed by atoms with Gasteiger partial charge in [0.25, 0.3) is 0 Å². The molecule has 1 saturated heterocycles. The number of nitrogens with two attached hydrogens (primary N) is 1. The summed E-state index contributed by atoms with van der Waals surface area (Å²) in [6.07, 6.45) is 5.00. The van der Waals surface area contributed by atoms with E-state index in [1.165, 1.54) is 24.1 Å². The molecule has 2 aliphatic rings. The van der Waals surface area contributed by atoms with Crippen LogP contribution < -0.4 is 5.73 Å². The molecule has 0 aromatic carbocycles. The monoisotopic (exact) mass is 223 g/mol. The van der Waals surface area contributed by atoms with Crippen molar-refractivity contribution in [3.8, 4) is 0 Å². The quantitative estimate of drug-likeness (QED) is 0.834. The first-order valence-electron chi connectivity index (χ1n) is 5.79. The average molecular weight is 223 g/mol. The van der Waals surface area contributed by atoms with Gasteiger partial charge in [0.2, 0.25) is 0 Å². The van der Waals surface area contributed by atoms with Crippen LogP contribution in [0.5, 0.6) is 0 Å². The number of fused-ring (bicyclic) bond motifs is 1. The van der Waals surface area contributed by atoms with Crippen molar-refractivity contribution in [3.05, 3.63) is 21.4 Å². The largest absolute Gasteiger partial charge is 0.381 e. The Kier molecular flexibility index (Phi) is 2.54. The number of hydrogen-bond acceptors (Lipinski definition) is 3. The SMILES string of the molecule is NC(c1cc2c(s1)CCC2)C1CCOC1. The van der Waals surface area contributed by atoms with E-state index in [-0.39, 0.29) is 6.04 Å². The Morgan fingerprint density at radius 3 is 3.13 bits per heavy atom. The average Bonchev–Trinajstić information content (AvgIpc) is 2.92. The zero-order chi connectivity index (χ0) is 10.3. The summed E-state index contributed by atoms with van der Waals surface area (Å²) in [6, 6.07) is 2.55. The van der Waals surface area contributed by atoms with Gasteiger partial charge in [-0.2, -0.15) is 0 Å². The van der Waals surface area contributed by atoms with Crippen LogP contribution in [0.25, 0.3) is 0 Å². The lowest BCUT2D eigenvalue weighted by Crippen LogP contribution is -2.20. The van der Waals surface area contributed by atoms with Gasteiger partial charge in [0.05, 0.1) is 6.61 Å². The standard InChI is InChI=1S/C12H17NOS/c13-12(9-4-5-14-7-9)11-6-8-2-1-3-10(8)15-11/h6,9,12H,1-5,7,13H2. The zero-order valence-electron chi connectivity index (χ0n) is 8.87. The predicted octanol–water partition coefficient (Wildman–Crippen LogP) is 2.27. The minimum atomic E-state index is 0.211. The third-order valence-electron chi connectivity index (χ3n) is 3.57. The normalized spacial score (nSPS) is 26.9. The summed E-state index contributed by atoms with van der Waals surface area (Å²) in [5, 5.41) is 0. The van der Waals surface area contributed by atoms with Gasteiger partial charge in [-0.25, -0.2) is 0 Å². The van der Waals surface area contributed by atoms with Crippen molar-refractivity contribution in [2.45, 2.75) is 31.7 Å². The van der Waals surface area contributed by atoms with Gasteiger partial charge >= 0.3 is 0 Å². The minimum Gasteiger partial charge on any atom is -0.381 e. The molecule has 1 aliphatic heterocycles. The number of hydrogen-bond donors (Lipinski definition) is 1. The number of rotatable bonds is 2. The molecular formula is C12H17NOS. The Morgan fingerprint density at radius 2 is 2.40 bits per heavy atom. The fourth-order valence-corrected chi connectivity index (χ4v) is 3.94. The summed E-state index contributed by atoms with van der Waals surface area (Å²) >= 11 is 1.94. The Morgan fingerprint density at radius 1 is 1.47 bits per heavy atom. The molecule has 3 heteroatoms. The van der Waals surface area contributed by atoms with E-state index in [4.69, 9.17) is 10.5 Å². The van der Waals surface area contributed by atoms with Crippen molar-refractivity contribution >= 4 is 11.3 Å². The van der Waals surface area contributed by atoms with Crippen LogP contribution in [0.3, 0.4) is 0 Å². The maximum Gasteiger partial charge on any atom is 0.0513 e. The van der Waals surface area contributed by atoms with Crippen molar-refractivity contribution in [1.29, 1.82) is 0 Å². The smallest absolute Gasteiger partial charge is 0.0513 e. The Bertz CT molecular complexity index is 333. The first-order valence-corrected chi connectivity index (χ1v) is 6.61. The number of aryl methyl sites for hydroxylation is 2. The van der Waals surface area contributed by atoms with E-state index in [1.54, 1.807) is 10.4 Å². The van der Waals surface area contributed by atoms with Crippen LogP contribution in [0.2, 0.25) is 0 Å². The van der Waals surface area contributed by atoms with E-state index in [9.17, 15) is 0 Å². The molecule has 2 atom stereocenters. The van der Waals surface area contributed by atoms with Gasteiger partial charge in [-0.05, 0) is 37.3 Å². The van der Waals surface area contributed by atoms with Gasteiger partial charge in [-0.1, -0.05) is 0 Å². The first kappa shape index (κ1) is 9.82. The maximum atomic E-state index is 6.29. The summed E-state index contributed by atoms with van der Waals surface area (Å²) in [5.74, 6) is 0.545. The molecule has 15 heavy (non-hydrogen) atoms. The van der Waals surface area contributed by atoms with Crippen molar-refractivity contribution in [2.24, 2.45) is 11.7 Å². The second-order valence-electron chi connectivity index (χ2n) is 4.60. The van der Waals surface area contributed by atoms with Crippen LogP contribution in [-0.2, 0) is 17.6 Å². The van der Waals surface area contributed by atoms with E-state index >= 15 is 0 Å². The molecule has 2 heterocycles. The second kappa shape index (κ2) is 3.89. The molecule has 0 radical (unpaired) electrons. The van der Waals surface area contributed by atoms with Gasteiger partial charge in [0, 0.05) is 28.3 Å². The molecule has 1 aromatic rings. The lowest BCUT2D eigenvalue weighted by atomic mass is 9.98. The highest BCUT2D eigenvalue weighted by Gasteiger charge is 2.26. The molecule has 0 bridgehead atoms. The van der Waals surface area contributed by atoms with Gasteiger partial charge < -0.3 is 10.5 Å². The molecule has 1 fully saturated rings. The number of ether oxygens (including phenoxy) is 1. The van der Waals surface area contributed by atoms with Crippen molar-refractivity contribution in [2.75, 3.05) is 13.2 Å². The molecule has 3 rings (SSSR count). The molecular weight excluding hydrogens is 206 g/mol. The summed E-state index contributed by atoms with van der Waals surface area (Å²) in [7, 11) is 0. The number of thiophene rings is 1. The third kappa shape index (κ3) is 1.73. The molecule has 2 N–H and O–H groups in total. The Labute approximate surface area is 94.4 Å². The molecule has 2 unspecified atom stereocenters. The van der Waals surface area contributed by atoms with Crippen molar-refractivity contribution in [3.63, 3.8) is 0 Å². The van der Waals surface area contributed by atoms with Crippen molar-refractivity contribution in [1.82, 2.24) is 0 Å². The van der Waals surface area contributed by atoms with Gasteiger partial charge in [0.15, 0.2) is 0 Å². The lowest BCUT2D eigenvalue weighted by molar-refractivity contribution is 0.181. The maximum absolute atomic E-state index is 6.29. The predicted molar refractivity (Wildman–Crippen MR) is 62.2 cm³/mol. The van der Waals surface area contributed by atoms with Crippen molar-refractivity contribution < 1.29 is 4.74 Å². The first-order chi connectivity index (χ1) is 7.34. The summed E-state index contributed by atoms with van der Waals surface area (Å²) in [5.41, 5.74) is 7.85. The molecule has 2 nitrogen and oxygen atoms in total. The van der Waals surface area contributed by atoms with E-state index in [0.29, 0.717) is 5.92 Å². The fourth-order valence-electron chi connectivity index (χ4n) is 2.58. The Balaban J connectivity index is 1.79. The van der Waals surface area contributed by atoms with Crippen LogP contribution >= 0.6 is 11.3 Å². The molecule has 0 spiro atoms. The van der Waals surface area contributed by atoms with Crippen LogP contribution in [0.4, 0.5) is 0 Å². The topological polar surface area (TPSA) is 35.2 Å². The highest BCUT2D eigenvalue weighted by Crippen LogP contribution is 2.36. The van der Waals surface area contributed by atoms with E-state index in [2.05, 4.69) is 6.07 Å². The van der Waals surface area contributed by atoms with Gasteiger partial charge in [0.1, 0.15) is 0 Å². The summed E-state index contributed by atoms with van der Waals surface area (Å²) in [6.45, 7) is 1.74. The highest BCUT2D eigenvalue weighted by molar-refractivity contribution is 7.12. The lowest BCUT2D eigenvalue weighted by Gasteiger charge is -2.15. The van der Waals surface area contributed by atoms with Gasteiger partial charge in [-0.15, -0.1) is 11.3 Å². The Hall–Kier alpha value is -0.380. The van der Waals surface area contributed by atoms with Crippen LogP contribution in [-0.4, -0.2) is 13.2 Å². The third-order valence-corrected chi connectivity index (χ3v) is 4.91. The minimum absolute atomic E-state index is 0.211. The second-order valence-corrected chi connectivity index (χ2v) is 5.77. The fraction of sp³-hybridized carbons (Fsp3) is 0.667. The highest BCUT2D eigenvalue weighted by atomic mass is 32.1. The van der Waals surface area contributed by atoms with E-state index < -0.39 is 0 Å². The summed E-state index contributed by atoms with van der Waals surface area (Å²) < 4.78 is 5.40. The molecule has 1 aromatic heterocycles. The molecule has 1 aliphatic carbocycles. The van der Waals surface area contributed by atoms with Crippen LogP contribution in [0.1, 0.15) is 34.2 Å². The molecule has 0 saturated carbocycles. The zero-order valence-corrected chi connectivity index (χ0v) is 9.69. The van der Waals surface area contributed by atoms with Crippen LogP contribution in [0, 0.1) is 5.92 Å². The summed E-state index contributed by atoms with van der Waals surface area (Å²) in [4.78, 5) is 2.97. The van der Waals surface area contributed by atoms with E-state index in [1.807, 2.05) is 11.3 Å². The van der Waals surface area contributed by atoms with Crippen LogP contribution in [0.15, 0.2) is 6.07 Å². The van der Waals surface area contributed by atoms with E-state index in [0.717, 1.165) is 19.6 Å². The molecule has 0 amide bonds. The molecule has 82 valence electrons. The van der Waals surface area contributed by atoms with Gasteiger partial charge in [-0.3, -0.25) is 0 Å².